The number of ether oxygens (including phenoxy) is 2. The van der Waals surface area contributed by atoms with Crippen LogP contribution in [-0.2, 0) is 0 Å². The van der Waals surface area contributed by atoms with E-state index in [1.54, 1.807) is 19.4 Å². The van der Waals surface area contributed by atoms with Crippen LogP contribution in [0.5, 0.6) is 11.5 Å². The third-order valence-corrected chi connectivity index (χ3v) is 6.33. The highest BCUT2D eigenvalue weighted by Crippen LogP contribution is 2.36. The second-order valence-corrected chi connectivity index (χ2v) is 8.71. The number of furan rings is 1. The molecule has 3 heterocycles. The van der Waals surface area contributed by atoms with Crippen molar-refractivity contribution in [3.8, 4) is 17.6 Å². The van der Waals surface area contributed by atoms with Gasteiger partial charge < -0.3 is 24.3 Å². The molecule has 5 rings (SSSR count). The van der Waals surface area contributed by atoms with Crippen LogP contribution in [0.3, 0.4) is 0 Å². The van der Waals surface area contributed by atoms with E-state index in [9.17, 15) is 5.11 Å². The van der Waals surface area contributed by atoms with Gasteiger partial charge in [-0.15, -0.1) is 0 Å². The van der Waals surface area contributed by atoms with Crippen LogP contribution in [0.2, 0.25) is 0 Å². The van der Waals surface area contributed by atoms with Gasteiger partial charge in [-0.3, -0.25) is 9.80 Å². The zero-order valence-corrected chi connectivity index (χ0v) is 20.1. The van der Waals surface area contributed by atoms with Crippen LogP contribution in [0, 0.1) is 11.3 Å². The SMILES string of the molecule is COc1cc2c(Nc3cccc4occc34)ncnc2cc1OCC(O)CN1CCN(CC#N)CC1. The average Bonchev–Trinajstić information content (AvgIpc) is 3.38. The van der Waals surface area contributed by atoms with Crippen molar-refractivity contribution >= 4 is 33.4 Å². The number of hydrogen-bond acceptors (Lipinski definition) is 10. The molecule has 10 nitrogen and oxygen atoms in total. The van der Waals surface area contributed by atoms with E-state index >= 15 is 0 Å². The summed E-state index contributed by atoms with van der Waals surface area (Å²) in [5, 5.41) is 24.5. The molecule has 4 aromatic rings. The molecule has 2 aromatic carbocycles. The zero-order chi connectivity index (χ0) is 24.9. The number of aromatic nitrogens is 2. The Balaban J connectivity index is 1.28. The number of anilines is 2. The molecule has 0 bridgehead atoms. The van der Waals surface area contributed by atoms with Crippen molar-refractivity contribution in [2.24, 2.45) is 0 Å². The summed E-state index contributed by atoms with van der Waals surface area (Å²) in [7, 11) is 1.58. The third-order valence-electron chi connectivity index (χ3n) is 6.33. The molecule has 1 aliphatic rings. The first-order valence-electron chi connectivity index (χ1n) is 11.8. The van der Waals surface area contributed by atoms with Gasteiger partial charge in [0.25, 0.3) is 0 Å². The maximum atomic E-state index is 10.6. The van der Waals surface area contributed by atoms with E-state index in [4.69, 9.17) is 19.2 Å². The summed E-state index contributed by atoms with van der Waals surface area (Å²) in [4.78, 5) is 13.1. The van der Waals surface area contributed by atoms with Gasteiger partial charge in [-0.2, -0.15) is 5.26 Å². The quantitative estimate of drug-likeness (QED) is 0.340. The van der Waals surface area contributed by atoms with E-state index in [2.05, 4.69) is 31.2 Å². The summed E-state index contributed by atoms with van der Waals surface area (Å²) in [6, 6.07) is 13.5. The van der Waals surface area contributed by atoms with Gasteiger partial charge in [0, 0.05) is 49.6 Å². The number of fused-ring (bicyclic) bond motifs is 2. The van der Waals surface area contributed by atoms with Gasteiger partial charge in [0.2, 0.25) is 0 Å². The van der Waals surface area contributed by atoms with Crippen LogP contribution < -0.4 is 14.8 Å². The van der Waals surface area contributed by atoms with Crippen LogP contribution in [0.1, 0.15) is 0 Å². The number of piperazine rings is 1. The Morgan fingerprint density at radius 2 is 1.94 bits per heavy atom. The minimum absolute atomic E-state index is 0.124. The Kier molecular flexibility index (Phi) is 7.13. The van der Waals surface area contributed by atoms with E-state index in [0.717, 1.165) is 48.2 Å². The maximum Gasteiger partial charge on any atom is 0.163 e. The van der Waals surface area contributed by atoms with Crippen molar-refractivity contribution in [1.82, 2.24) is 19.8 Å². The lowest BCUT2D eigenvalue weighted by molar-refractivity contribution is 0.0478. The topological polar surface area (TPSA) is 120 Å². The second-order valence-electron chi connectivity index (χ2n) is 8.71. The van der Waals surface area contributed by atoms with Crippen molar-refractivity contribution in [3.63, 3.8) is 0 Å². The number of β-amino-alcohol motifs (C(OH)–C–C–N with tert-alkyl or cyclic N) is 1. The highest BCUT2D eigenvalue weighted by atomic mass is 16.5. The Labute approximate surface area is 208 Å². The molecule has 0 radical (unpaired) electrons. The van der Waals surface area contributed by atoms with E-state index in [-0.39, 0.29) is 6.61 Å². The van der Waals surface area contributed by atoms with E-state index in [1.807, 2.05) is 30.3 Å². The molecular formula is C26H28N6O4. The van der Waals surface area contributed by atoms with Crippen LogP contribution in [0.4, 0.5) is 11.5 Å². The second kappa shape index (κ2) is 10.8. The minimum atomic E-state index is -0.661. The molecule has 1 unspecified atom stereocenters. The number of aliphatic hydroxyl groups excluding tert-OH is 1. The third kappa shape index (κ3) is 5.18. The van der Waals surface area contributed by atoms with Crippen molar-refractivity contribution in [3.05, 3.63) is 49.0 Å². The van der Waals surface area contributed by atoms with Crippen molar-refractivity contribution in [2.45, 2.75) is 6.10 Å². The number of rotatable bonds is 9. The average molecular weight is 489 g/mol. The van der Waals surface area contributed by atoms with Crippen molar-refractivity contribution in [1.29, 1.82) is 5.26 Å². The highest BCUT2D eigenvalue weighted by molar-refractivity contribution is 5.97. The van der Waals surface area contributed by atoms with E-state index in [0.29, 0.717) is 35.9 Å². The number of benzene rings is 2. The standard InChI is InChI=1S/C26H28N6O4/c1-34-24-13-20-22(28-17-29-26(20)30-21-3-2-4-23-19(21)5-12-35-23)14-25(24)36-16-18(33)15-32-10-8-31(7-6-27)9-11-32/h2-5,12-14,17-18,33H,7-11,15-16H2,1H3,(H,28,29,30). The molecule has 0 amide bonds. The molecule has 1 saturated heterocycles. The molecule has 2 N–H and O–H groups in total. The number of hydrogen-bond donors (Lipinski definition) is 2. The first-order valence-corrected chi connectivity index (χ1v) is 11.8. The van der Waals surface area contributed by atoms with Gasteiger partial charge in [-0.25, -0.2) is 9.97 Å². The molecule has 186 valence electrons. The molecule has 0 saturated carbocycles. The summed E-state index contributed by atoms with van der Waals surface area (Å²) in [5.41, 5.74) is 2.34. The number of nitrogens with zero attached hydrogens (tertiary/aromatic N) is 5. The molecule has 36 heavy (non-hydrogen) atoms. The van der Waals surface area contributed by atoms with Gasteiger partial charge >= 0.3 is 0 Å². The van der Waals surface area contributed by atoms with Crippen molar-refractivity contribution in [2.75, 3.05) is 58.3 Å². The highest BCUT2D eigenvalue weighted by Gasteiger charge is 2.20. The van der Waals surface area contributed by atoms with Gasteiger partial charge in [-0.1, -0.05) is 6.07 Å². The molecule has 10 heteroatoms. The van der Waals surface area contributed by atoms with Gasteiger partial charge in [0.1, 0.15) is 30.4 Å². The van der Waals surface area contributed by atoms with Crippen LogP contribution in [-0.4, -0.2) is 84.0 Å². The van der Waals surface area contributed by atoms with Gasteiger partial charge in [0.15, 0.2) is 11.5 Å². The molecular weight excluding hydrogens is 460 g/mol. The molecule has 1 aliphatic heterocycles. The minimum Gasteiger partial charge on any atom is -0.493 e. The summed E-state index contributed by atoms with van der Waals surface area (Å²) in [5.74, 6) is 1.66. The Morgan fingerprint density at radius 1 is 1.11 bits per heavy atom. The largest absolute Gasteiger partial charge is 0.493 e. The first kappa shape index (κ1) is 23.8. The number of methoxy groups -OCH3 is 1. The molecule has 0 spiro atoms. The Morgan fingerprint density at radius 3 is 2.75 bits per heavy atom. The van der Waals surface area contributed by atoms with Gasteiger partial charge in [0.05, 0.1) is 37.2 Å². The fourth-order valence-corrected chi connectivity index (χ4v) is 4.43. The van der Waals surface area contributed by atoms with Gasteiger partial charge in [-0.05, 0) is 24.3 Å². The lowest BCUT2D eigenvalue weighted by Gasteiger charge is -2.34. The molecule has 1 atom stereocenters. The number of aliphatic hydroxyl groups is 1. The van der Waals surface area contributed by atoms with E-state index in [1.165, 1.54) is 6.33 Å². The Bertz CT molecular complexity index is 1380. The summed E-state index contributed by atoms with van der Waals surface area (Å²) in [6.07, 6.45) is 2.49. The molecule has 1 fully saturated rings. The van der Waals surface area contributed by atoms with Crippen LogP contribution in [0.15, 0.2) is 53.4 Å². The smallest absolute Gasteiger partial charge is 0.163 e. The summed E-state index contributed by atoms with van der Waals surface area (Å²) < 4.78 is 17.0. The fraction of sp³-hybridized carbons (Fsp3) is 0.346. The lowest BCUT2D eigenvalue weighted by Crippen LogP contribution is -2.49. The first-order chi connectivity index (χ1) is 17.6. The number of nitrogens with one attached hydrogen (secondary N) is 1. The Hall–Kier alpha value is -3.91. The van der Waals surface area contributed by atoms with Crippen LogP contribution >= 0.6 is 0 Å². The van der Waals surface area contributed by atoms with E-state index < -0.39 is 6.10 Å². The molecule has 0 aliphatic carbocycles. The lowest BCUT2D eigenvalue weighted by atomic mass is 10.2. The fourth-order valence-electron chi connectivity index (χ4n) is 4.43. The maximum absolute atomic E-state index is 10.6. The summed E-state index contributed by atoms with van der Waals surface area (Å²) in [6.45, 7) is 4.36. The predicted molar refractivity (Wildman–Crippen MR) is 136 cm³/mol. The zero-order valence-electron chi connectivity index (χ0n) is 20.1. The monoisotopic (exact) mass is 488 g/mol. The van der Waals surface area contributed by atoms with Crippen molar-refractivity contribution < 1.29 is 19.0 Å². The normalized spacial score (nSPS) is 15.6. The predicted octanol–water partition coefficient (Wildman–Crippen LogP) is 3.01. The summed E-state index contributed by atoms with van der Waals surface area (Å²) >= 11 is 0. The molecule has 2 aromatic heterocycles. The number of nitriles is 1. The van der Waals surface area contributed by atoms with Crippen LogP contribution in [0.25, 0.3) is 21.9 Å².